The monoisotopic (exact) mass is 276 g/mol. The molecule has 0 aliphatic carbocycles. The molecule has 0 aromatic rings. The lowest BCUT2D eigenvalue weighted by atomic mass is 10.3. The Hall–Kier alpha value is -1.14. The van der Waals surface area contributed by atoms with Crippen LogP contribution in [0.1, 0.15) is 0 Å². The molecule has 0 spiro atoms. The van der Waals surface area contributed by atoms with Gasteiger partial charge in [0.1, 0.15) is 6.10 Å². The summed E-state index contributed by atoms with van der Waals surface area (Å²) in [6, 6.07) is 0. The second-order valence-corrected chi connectivity index (χ2v) is 5.26. The smallest absolute Gasteiger partial charge is 0.384 e. The molecular weight excluding hydrogens is 262 g/mol. The molecule has 0 saturated carbocycles. The van der Waals surface area contributed by atoms with Crippen LogP contribution in [0.2, 0.25) is 0 Å². The summed E-state index contributed by atoms with van der Waals surface area (Å²) in [5.74, 6) is -0.0378. The summed E-state index contributed by atoms with van der Waals surface area (Å²) in [7, 11) is -4.48. The standard InChI is InChI=1S/C10H15NO6S/c1-2-10(12)17-9(8-18(13,14)15)7-11-3-5-16-6-4-11/h1,9H,3-8H2,(H,13,14,15)/p-1. The first kappa shape index (κ1) is 14.9. The van der Waals surface area contributed by atoms with E-state index in [9.17, 15) is 17.8 Å². The van der Waals surface area contributed by atoms with Gasteiger partial charge in [0.05, 0.1) is 29.1 Å². The highest BCUT2D eigenvalue weighted by molar-refractivity contribution is 7.85. The summed E-state index contributed by atoms with van der Waals surface area (Å²) in [5.41, 5.74) is 0. The van der Waals surface area contributed by atoms with Crippen LogP contribution in [0.4, 0.5) is 0 Å². The molecule has 1 fully saturated rings. The van der Waals surface area contributed by atoms with Crippen LogP contribution in [0.15, 0.2) is 0 Å². The fourth-order valence-corrected chi connectivity index (χ4v) is 2.24. The number of hydrogen-bond acceptors (Lipinski definition) is 7. The van der Waals surface area contributed by atoms with Crippen molar-refractivity contribution in [2.45, 2.75) is 6.10 Å². The Morgan fingerprint density at radius 3 is 2.61 bits per heavy atom. The first-order valence-corrected chi connectivity index (χ1v) is 6.89. The normalized spacial score (nSPS) is 18.9. The molecule has 1 rings (SSSR count). The third kappa shape index (κ3) is 5.97. The Morgan fingerprint density at radius 2 is 2.11 bits per heavy atom. The van der Waals surface area contributed by atoms with Gasteiger partial charge in [-0.15, -0.1) is 6.42 Å². The molecule has 1 unspecified atom stereocenters. The van der Waals surface area contributed by atoms with E-state index in [1.54, 1.807) is 5.92 Å². The molecule has 0 radical (unpaired) electrons. The molecule has 1 saturated heterocycles. The predicted molar refractivity (Wildman–Crippen MR) is 60.5 cm³/mol. The second-order valence-electron chi connectivity index (χ2n) is 3.81. The molecule has 102 valence electrons. The molecule has 0 aromatic carbocycles. The van der Waals surface area contributed by atoms with E-state index in [0.29, 0.717) is 26.3 Å². The summed E-state index contributed by atoms with van der Waals surface area (Å²) in [6.07, 6.45) is 3.78. The summed E-state index contributed by atoms with van der Waals surface area (Å²) < 4.78 is 42.0. The van der Waals surface area contributed by atoms with Crippen molar-refractivity contribution < 1.29 is 27.2 Å². The van der Waals surface area contributed by atoms with Gasteiger partial charge in [-0.3, -0.25) is 4.90 Å². The highest BCUT2D eigenvalue weighted by atomic mass is 32.2. The zero-order valence-electron chi connectivity index (χ0n) is 9.70. The van der Waals surface area contributed by atoms with Gasteiger partial charge in [0, 0.05) is 25.6 Å². The van der Waals surface area contributed by atoms with Gasteiger partial charge in [-0.05, 0) is 0 Å². The van der Waals surface area contributed by atoms with Crippen molar-refractivity contribution in [2.75, 3.05) is 38.6 Å². The highest BCUT2D eigenvalue weighted by Crippen LogP contribution is 2.04. The number of terminal acetylenes is 1. The van der Waals surface area contributed by atoms with Crippen LogP contribution in [0.3, 0.4) is 0 Å². The number of carbonyl (C=O) groups is 1. The van der Waals surface area contributed by atoms with E-state index in [2.05, 4.69) is 0 Å². The summed E-state index contributed by atoms with van der Waals surface area (Å²) >= 11 is 0. The van der Waals surface area contributed by atoms with Crippen LogP contribution in [-0.4, -0.2) is 68.5 Å². The topological polar surface area (TPSA) is 96.0 Å². The van der Waals surface area contributed by atoms with Gasteiger partial charge in [0.2, 0.25) is 0 Å². The van der Waals surface area contributed by atoms with Crippen molar-refractivity contribution in [1.82, 2.24) is 4.90 Å². The predicted octanol–water partition coefficient (Wildman–Crippen LogP) is -1.59. The second kappa shape index (κ2) is 6.70. The van der Waals surface area contributed by atoms with E-state index in [-0.39, 0.29) is 6.54 Å². The minimum atomic E-state index is -4.48. The number of morpholine rings is 1. The van der Waals surface area contributed by atoms with E-state index >= 15 is 0 Å². The summed E-state index contributed by atoms with van der Waals surface area (Å²) in [4.78, 5) is 12.8. The minimum absolute atomic E-state index is 0.151. The number of hydrogen-bond donors (Lipinski definition) is 0. The van der Waals surface area contributed by atoms with Crippen LogP contribution < -0.4 is 0 Å². The van der Waals surface area contributed by atoms with Crippen LogP contribution in [0.25, 0.3) is 0 Å². The third-order valence-electron chi connectivity index (χ3n) is 2.35. The largest absolute Gasteiger partial charge is 0.748 e. The van der Waals surface area contributed by atoms with Crippen molar-refractivity contribution in [3.63, 3.8) is 0 Å². The molecule has 8 heteroatoms. The van der Waals surface area contributed by atoms with Crippen molar-refractivity contribution in [3.8, 4) is 12.3 Å². The fraction of sp³-hybridized carbons (Fsp3) is 0.700. The maximum Gasteiger partial charge on any atom is 0.384 e. The molecule has 7 nitrogen and oxygen atoms in total. The molecule has 1 atom stereocenters. The number of nitrogens with zero attached hydrogens (tertiary/aromatic N) is 1. The fourth-order valence-electron chi connectivity index (χ4n) is 1.61. The third-order valence-corrected chi connectivity index (χ3v) is 3.13. The molecule has 18 heavy (non-hydrogen) atoms. The van der Waals surface area contributed by atoms with Crippen LogP contribution in [0.5, 0.6) is 0 Å². The first-order chi connectivity index (χ1) is 8.40. The number of carbonyl (C=O) groups excluding carboxylic acids is 1. The average Bonchev–Trinajstić information content (AvgIpc) is 2.27. The van der Waals surface area contributed by atoms with Crippen LogP contribution >= 0.6 is 0 Å². The maximum atomic E-state index is 11.0. The molecule has 0 bridgehead atoms. The molecule has 1 heterocycles. The molecule has 1 aliphatic heterocycles. The summed E-state index contributed by atoms with van der Waals surface area (Å²) in [6.45, 7) is 2.35. The van der Waals surface area contributed by atoms with Gasteiger partial charge in [0.15, 0.2) is 0 Å². The zero-order valence-corrected chi connectivity index (χ0v) is 10.5. The quantitative estimate of drug-likeness (QED) is 0.258. The highest BCUT2D eigenvalue weighted by Gasteiger charge is 2.21. The number of ether oxygens (including phenoxy) is 2. The van der Waals surface area contributed by atoms with E-state index in [1.807, 2.05) is 4.90 Å². The van der Waals surface area contributed by atoms with E-state index in [4.69, 9.17) is 15.9 Å². The molecule has 0 N–H and O–H groups in total. The Labute approximate surface area is 106 Å². The van der Waals surface area contributed by atoms with Crippen molar-refractivity contribution >= 4 is 16.1 Å². The Kier molecular flexibility index (Phi) is 5.55. The van der Waals surface area contributed by atoms with Gasteiger partial charge >= 0.3 is 5.97 Å². The van der Waals surface area contributed by atoms with Gasteiger partial charge in [-0.1, -0.05) is 0 Å². The van der Waals surface area contributed by atoms with E-state index in [1.165, 1.54) is 0 Å². The molecule has 1 aliphatic rings. The van der Waals surface area contributed by atoms with Gasteiger partial charge in [-0.2, -0.15) is 0 Å². The van der Waals surface area contributed by atoms with Gasteiger partial charge in [0.25, 0.3) is 0 Å². The van der Waals surface area contributed by atoms with Crippen LogP contribution in [0, 0.1) is 12.3 Å². The SMILES string of the molecule is C#CC(=O)OC(CN1CCOCC1)CS(=O)(=O)[O-]. The van der Waals surface area contributed by atoms with Gasteiger partial charge in [-0.25, -0.2) is 13.2 Å². The average molecular weight is 276 g/mol. The first-order valence-electron chi connectivity index (χ1n) is 5.31. The van der Waals surface area contributed by atoms with Crippen molar-refractivity contribution in [2.24, 2.45) is 0 Å². The van der Waals surface area contributed by atoms with E-state index in [0.717, 1.165) is 0 Å². The van der Waals surface area contributed by atoms with Crippen molar-refractivity contribution in [3.05, 3.63) is 0 Å². The minimum Gasteiger partial charge on any atom is -0.748 e. The lowest BCUT2D eigenvalue weighted by Gasteiger charge is -2.30. The Bertz CT molecular complexity index is 420. The summed E-state index contributed by atoms with van der Waals surface area (Å²) in [5, 5.41) is 0. The van der Waals surface area contributed by atoms with E-state index < -0.39 is 27.9 Å². The molecule has 0 amide bonds. The van der Waals surface area contributed by atoms with Crippen molar-refractivity contribution in [1.29, 1.82) is 0 Å². The van der Waals surface area contributed by atoms with Crippen LogP contribution in [-0.2, 0) is 24.4 Å². The maximum absolute atomic E-state index is 11.0. The lowest BCUT2D eigenvalue weighted by molar-refractivity contribution is -0.142. The zero-order chi connectivity index (χ0) is 13.6. The number of rotatable bonds is 5. The molecular formula is C10H14NO6S-. The lowest BCUT2D eigenvalue weighted by Crippen LogP contribution is -2.44. The Balaban J connectivity index is 2.58. The Morgan fingerprint density at radius 1 is 1.50 bits per heavy atom. The number of esters is 1. The van der Waals surface area contributed by atoms with Gasteiger partial charge < -0.3 is 14.0 Å². The molecule has 0 aromatic heterocycles.